The third kappa shape index (κ3) is 5.08. The lowest BCUT2D eigenvalue weighted by Crippen LogP contribution is -2.45. The second kappa shape index (κ2) is 10.7. The van der Waals surface area contributed by atoms with Crippen LogP contribution in [-0.4, -0.2) is 31.0 Å². The molecule has 41 heavy (non-hydrogen) atoms. The van der Waals surface area contributed by atoms with E-state index in [0.717, 1.165) is 24.1 Å². The summed E-state index contributed by atoms with van der Waals surface area (Å²) in [6.45, 7) is 0. The predicted molar refractivity (Wildman–Crippen MR) is 162 cm³/mol. The largest absolute Gasteiger partial charge is 0.493 e. The lowest BCUT2D eigenvalue weighted by atomic mass is 9.69. The van der Waals surface area contributed by atoms with Gasteiger partial charge in [0.05, 0.1) is 50.7 Å². The molecule has 1 fully saturated rings. The summed E-state index contributed by atoms with van der Waals surface area (Å²) in [6.07, 6.45) is 5.74. The minimum atomic E-state index is -0.814. The van der Waals surface area contributed by atoms with Crippen LogP contribution in [0.1, 0.15) is 24.0 Å². The van der Waals surface area contributed by atoms with E-state index >= 15 is 0 Å². The Kier molecular flexibility index (Phi) is 7.03. The number of ether oxygens (including phenoxy) is 1. The Morgan fingerprint density at radius 1 is 1.17 bits per heavy atom. The van der Waals surface area contributed by atoms with Gasteiger partial charge in [-0.3, -0.25) is 9.99 Å². The maximum absolute atomic E-state index is 13.9. The van der Waals surface area contributed by atoms with Gasteiger partial charge in [-0.25, -0.2) is 4.39 Å². The molecule has 0 radical (unpaired) electrons. The first kappa shape index (κ1) is 27.0. The first-order valence-corrected chi connectivity index (χ1v) is 13.7. The topological polar surface area (TPSA) is 97.3 Å². The molecular weight excluding hydrogens is 563 g/mol. The van der Waals surface area contributed by atoms with E-state index in [9.17, 15) is 9.65 Å². The van der Waals surface area contributed by atoms with E-state index in [2.05, 4.69) is 37.7 Å². The molecule has 1 aliphatic heterocycles. The highest BCUT2D eigenvalue weighted by atomic mass is 35.5. The fourth-order valence-corrected chi connectivity index (χ4v) is 5.52. The first-order chi connectivity index (χ1) is 19.8. The Labute approximate surface area is 247 Å². The number of anilines is 3. The van der Waals surface area contributed by atoms with Crippen molar-refractivity contribution in [2.75, 3.05) is 17.7 Å². The summed E-state index contributed by atoms with van der Waals surface area (Å²) in [4.78, 5) is 4.47. The number of methoxy groups -OCH3 is 1. The molecule has 1 aliphatic carbocycles. The van der Waals surface area contributed by atoms with Crippen LogP contribution in [0.2, 0.25) is 10.0 Å². The monoisotopic (exact) mass is 587 g/mol. The summed E-state index contributed by atoms with van der Waals surface area (Å²) < 4.78 is 19.4. The number of hydrogen-bond acceptors (Lipinski definition) is 8. The summed E-state index contributed by atoms with van der Waals surface area (Å²) in [5, 5.41) is 20.4. The highest BCUT2D eigenvalue weighted by Crippen LogP contribution is 2.41. The zero-order chi connectivity index (χ0) is 28.7. The number of nitrogens with one attached hydrogen (secondary N) is 4. The van der Waals surface area contributed by atoms with Crippen molar-refractivity contribution < 1.29 is 9.13 Å². The van der Waals surface area contributed by atoms with Crippen molar-refractivity contribution >= 4 is 59.0 Å². The molecule has 206 valence electrons. The molecule has 0 spiro atoms. The molecule has 3 aromatic carbocycles. The smallest absolute Gasteiger partial charge is 0.160 e. The first-order valence-electron chi connectivity index (χ1n) is 13.0. The Bertz CT molecular complexity index is 1730. The number of nitrogens with zero attached hydrogens (tertiary/aromatic N) is 3. The zero-order valence-electron chi connectivity index (χ0n) is 22.2. The highest BCUT2D eigenvalue weighted by Gasteiger charge is 2.38. The van der Waals surface area contributed by atoms with Gasteiger partial charge in [-0.05, 0) is 54.8 Å². The zero-order valence-corrected chi connectivity index (χ0v) is 23.7. The molecule has 12 heteroatoms. The van der Waals surface area contributed by atoms with Crippen LogP contribution in [-0.2, 0) is 5.44 Å². The molecule has 8 nitrogen and oxygen atoms in total. The van der Waals surface area contributed by atoms with Crippen molar-refractivity contribution in [3.8, 4) is 11.8 Å². The molecule has 4 N–H and O–H groups in total. The molecule has 0 saturated heterocycles. The van der Waals surface area contributed by atoms with Crippen LogP contribution < -0.4 is 26.3 Å². The molecule has 0 bridgehead atoms. The molecule has 0 amide bonds. The quantitative estimate of drug-likeness (QED) is 0.200. The number of benzene rings is 3. The normalized spacial score (nSPS) is 16.0. The van der Waals surface area contributed by atoms with Crippen molar-refractivity contribution in [3.63, 3.8) is 0 Å². The van der Waals surface area contributed by atoms with Crippen LogP contribution in [0.3, 0.4) is 0 Å². The number of rotatable bonds is 8. The standard InChI is InChI=1S/C29H25BCl2FN7O/c1-41-28-22(31)3-2-4-24(28)36-26-16(13-34)14-35-27-21(26)11-19(12-23(27)32)37-29(30,17-5-7-18(33)8-6-17)25-15-40(39-38-25)20-9-10-20/h2-8,11-12,14-15,20,37-39H,9-10,30H2,1H3,(H,35,36). The van der Waals surface area contributed by atoms with E-state index in [1.165, 1.54) is 25.4 Å². The number of fused-ring (bicyclic) bond motifs is 1. The van der Waals surface area contributed by atoms with E-state index in [1.807, 2.05) is 26.2 Å². The van der Waals surface area contributed by atoms with Crippen molar-refractivity contribution in [2.24, 2.45) is 0 Å². The van der Waals surface area contributed by atoms with Crippen LogP contribution in [0.25, 0.3) is 10.9 Å². The van der Waals surface area contributed by atoms with E-state index in [0.29, 0.717) is 55.4 Å². The second-order valence-corrected chi connectivity index (χ2v) is 10.9. The molecule has 1 unspecified atom stereocenters. The van der Waals surface area contributed by atoms with E-state index < -0.39 is 5.44 Å². The fourth-order valence-electron chi connectivity index (χ4n) is 5.00. The molecule has 1 saturated carbocycles. The maximum Gasteiger partial charge on any atom is 0.160 e. The van der Waals surface area contributed by atoms with Crippen molar-refractivity contribution in [1.29, 1.82) is 5.26 Å². The maximum atomic E-state index is 13.9. The number of aromatic nitrogens is 1. The van der Waals surface area contributed by atoms with E-state index in [4.69, 9.17) is 27.9 Å². The summed E-state index contributed by atoms with van der Waals surface area (Å²) in [5.74, 6) is 0.123. The van der Waals surface area contributed by atoms with Crippen LogP contribution in [0.4, 0.5) is 21.5 Å². The average Bonchev–Trinajstić information content (AvgIpc) is 3.69. The lowest BCUT2D eigenvalue weighted by molar-refractivity contribution is 0.260. The van der Waals surface area contributed by atoms with Gasteiger partial charge in [-0.15, -0.1) is 5.53 Å². The van der Waals surface area contributed by atoms with Gasteiger partial charge in [-0.1, -0.05) is 41.4 Å². The van der Waals surface area contributed by atoms with Gasteiger partial charge >= 0.3 is 0 Å². The minimum absolute atomic E-state index is 0.318. The Balaban J connectivity index is 1.47. The van der Waals surface area contributed by atoms with Crippen LogP contribution in [0.15, 0.2) is 72.7 Å². The van der Waals surface area contributed by atoms with Crippen LogP contribution in [0, 0.1) is 17.1 Å². The van der Waals surface area contributed by atoms with Gasteiger partial charge in [0, 0.05) is 29.5 Å². The molecule has 4 aromatic rings. The van der Waals surface area contributed by atoms with Crippen molar-refractivity contribution in [3.05, 3.63) is 99.7 Å². The third-order valence-electron chi connectivity index (χ3n) is 7.36. The van der Waals surface area contributed by atoms with Gasteiger partial charge in [0.25, 0.3) is 0 Å². The number of para-hydroxylation sites is 1. The minimum Gasteiger partial charge on any atom is -0.493 e. The second-order valence-electron chi connectivity index (χ2n) is 10.1. The SMILES string of the molecule is BC(Nc1cc(Cl)c2ncc(C#N)c(Nc3cccc(Cl)c3OC)c2c1)(C1=CN(C2CC2)NN1)c1ccc(F)cc1. The number of hydrogen-bond donors (Lipinski definition) is 4. The Morgan fingerprint density at radius 2 is 1.95 bits per heavy atom. The number of halogens is 3. The predicted octanol–water partition coefficient (Wildman–Crippen LogP) is 5.53. The van der Waals surface area contributed by atoms with Crippen LogP contribution in [0.5, 0.6) is 5.75 Å². The van der Waals surface area contributed by atoms with Crippen molar-refractivity contribution in [1.82, 2.24) is 21.0 Å². The average molecular weight is 588 g/mol. The molecule has 2 heterocycles. The number of pyridine rings is 1. The summed E-state index contributed by atoms with van der Waals surface area (Å²) in [5.41, 5.74) is 9.96. The molecule has 1 aromatic heterocycles. The van der Waals surface area contributed by atoms with Crippen LogP contribution >= 0.6 is 23.2 Å². The van der Waals surface area contributed by atoms with Gasteiger partial charge in [0.15, 0.2) is 5.75 Å². The molecule has 1 atom stereocenters. The molecule has 6 rings (SSSR count). The number of hydrazine groups is 2. The third-order valence-corrected chi connectivity index (χ3v) is 7.94. The van der Waals surface area contributed by atoms with Gasteiger partial charge in [0.1, 0.15) is 19.7 Å². The molecular formula is C29H25BCl2FN7O. The van der Waals surface area contributed by atoms with E-state index in [1.54, 1.807) is 30.3 Å². The Hall–Kier alpha value is -4.17. The highest BCUT2D eigenvalue weighted by molar-refractivity contribution is 6.36. The fraction of sp³-hybridized carbons (Fsp3) is 0.172. The van der Waals surface area contributed by atoms with Gasteiger partial charge in [-0.2, -0.15) is 5.26 Å². The van der Waals surface area contributed by atoms with Gasteiger partial charge in [0.2, 0.25) is 0 Å². The van der Waals surface area contributed by atoms with Gasteiger partial charge < -0.3 is 20.8 Å². The van der Waals surface area contributed by atoms with E-state index in [-0.39, 0.29) is 5.82 Å². The molecule has 2 aliphatic rings. The number of nitriles is 1. The lowest BCUT2D eigenvalue weighted by Gasteiger charge is -2.34. The van der Waals surface area contributed by atoms with Crippen molar-refractivity contribution in [2.45, 2.75) is 24.3 Å². The Morgan fingerprint density at radius 3 is 2.66 bits per heavy atom. The summed E-state index contributed by atoms with van der Waals surface area (Å²) in [7, 11) is 3.54. The summed E-state index contributed by atoms with van der Waals surface area (Å²) >= 11 is 13.1. The summed E-state index contributed by atoms with van der Waals surface area (Å²) in [6, 6.07) is 18.0.